The molecule has 0 heterocycles. The molecule has 2 nitrogen and oxygen atoms in total. The normalized spacial score (nSPS) is 15.0. The maximum atomic E-state index is 4.22. The molecule has 0 saturated heterocycles. The Balaban J connectivity index is 1.64. The minimum atomic E-state index is 0.391. The summed E-state index contributed by atoms with van der Waals surface area (Å²) in [5, 5.41) is 3.43. The van der Waals surface area contributed by atoms with E-state index in [1.165, 1.54) is 41.6 Å². The van der Waals surface area contributed by atoms with Crippen LogP contribution in [0.25, 0.3) is 16.8 Å². The fraction of sp³-hybridized carbons (Fsp3) is 0.310. The van der Waals surface area contributed by atoms with Gasteiger partial charge in [-0.2, -0.15) is 0 Å². The Morgan fingerprint density at radius 3 is 2.10 bits per heavy atom. The van der Waals surface area contributed by atoms with Crippen LogP contribution in [0, 0.1) is 0 Å². The molecule has 0 radical (unpaired) electrons. The first kappa shape index (κ1) is 22.7. The second kappa shape index (κ2) is 9.87. The fourth-order valence-corrected chi connectivity index (χ4v) is 3.95. The lowest BCUT2D eigenvalue weighted by molar-refractivity contribution is 0.604. The summed E-state index contributed by atoms with van der Waals surface area (Å²) in [6, 6.07) is 17.6. The largest absolute Gasteiger partial charge is 0.381 e. The molecule has 3 rings (SSSR count). The van der Waals surface area contributed by atoms with Gasteiger partial charge in [-0.1, -0.05) is 80.3 Å². The van der Waals surface area contributed by atoms with Crippen molar-refractivity contribution in [2.24, 2.45) is 0 Å². The fourth-order valence-electron chi connectivity index (χ4n) is 3.95. The second-order valence-electron chi connectivity index (χ2n) is 8.59. The molecule has 0 spiro atoms. The molecule has 1 fully saturated rings. The topological polar surface area (TPSA) is 15.3 Å². The van der Waals surface area contributed by atoms with Crippen LogP contribution in [0.5, 0.6) is 0 Å². The molecule has 1 N–H and O–H groups in total. The van der Waals surface area contributed by atoms with Gasteiger partial charge >= 0.3 is 0 Å². The van der Waals surface area contributed by atoms with Crippen LogP contribution in [0.15, 0.2) is 91.1 Å². The monoisotopic (exact) mass is 412 g/mol. The van der Waals surface area contributed by atoms with Gasteiger partial charge in [0.2, 0.25) is 0 Å². The molecule has 2 heteroatoms. The third kappa shape index (κ3) is 5.38. The van der Waals surface area contributed by atoms with Crippen molar-refractivity contribution in [2.45, 2.75) is 45.6 Å². The lowest BCUT2D eigenvalue weighted by Crippen LogP contribution is -2.32. The minimum absolute atomic E-state index is 0.391. The Kier molecular flexibility index (Phi) is 7.22. The summed E-state index contributed by atoms with van der Waals surface area (Å²) < 4.78 is 0. The highest BCUT2D eigenvalue weighted by Gasteiger charge is 2.44. The van der Waals surface area contributed by atoms with Crippen molar-refractivity contribution in [1.29, 1.82) is 0 Å². The van der Waals surface area contributed by atoms with Crippen LogP contribution in [0.3, 0.4) is 0 Å². The van der Waals surface area contributed by atoms with Gasteiger partial charge in [0.1, 0.15) is 0 Å². The molecule has 2 aromatic carbocycles. The highest BCUT2D eigenvalue weighted by atomic mass is 15.2. The molecule has 2 aromatic rings. The third-order valence-electron chi connectivity index (χ3n) is 6.55. The van der Waals surface area contributed by atoms with Gasteiger partial charge in [0.25, 0.3) is 0 Å². The molecule has 0 aliphatic heterocycles. The third-order valence-corrected chi connectivity index (χ3v) is 6.55. The van der Waals surface area contributed by atoms with Crippen LogP contribution in [0.2, 0.25) is 0 Å². The first-order valence-corrected chi connectivity index (χ1v) is 11.3. The van der Waals surface area contributed by atoms with E-state index in [-0.39, 0.29) is 0 Å². The highest BCUT2D eigenvalue weighted by Crippen LogP contribution is 2.45. The highest BCUT2D eigenvalue weighted by molar-refractivity contribution is 5.70. The van der Waals surface area contributed by atoms with E-state index in [0.717, 1.165) is 16.8 Å². The zero-order chi connectivity index (χ0) is 22.4. The molecule has 0 aromatic heterocycles. The lowest BCUT2D eigenvalue weighted by atomic mass is 10.0. The Labute approximate surface area is 188 Å². The molecular weight excluding hydrogens is 376 g/mol. The van der Waals surface area contributed by atoms with Crippen molar-refractivity contribution in [3.8, 4) is 11.1 Å². The molecule has 1 saturated carbocycles. The Bertz CT molecular complexity index is 970. The zero-order valence-corrected chi connectivity index (χ0v) is 19.5. The number of hydrogen-bond acceptors (Lipinski definition) is 2. The van der Waals surface area contributed by atoms with Crippen LogP contribution in [-0.2, 0) is 0 Å². The summed E-state index contributed by atoms with van der Waals surface area (Å²) in [5.41, 5.74) is 8.42. The number of rotatable bonds is 10. The van der Waals surface area contributed by atoms with Crippen molar-refractivity contribution in [3.63, 3.8) is 0 Å². The van der Waals surface area contributed by atoms with Crippen molar-refractivity contribution < 1.29 is 0 Å². The molecule has 0 atom stereocenters. The second-order valence-corrected chi connectivity index (χ2v) is 8.59. The molecule has 1 aliphatic carbocycles. The maximum absolute atomic E-state index is 4.22. The number of anilines is 1. The summed E-state index contributed by atoms with van der Waals surface area (Å²) in [6.45, 7) is 15.3. The van der Waals surface area contributed by atoms with E-state index in [1.807, 2.05) is 26.0 Å². The summed E-state index contributed by atoms with van der Waals surface area (Å²) in [5.74, 6) is 0. The van der Waals surface area contributed by atoms with E-state index in [9.17, 15) is 0 Å². The first-order valence-electron chi connectivity index (χ1n) is 11.3. The average Bonchev–Trinajstić information content (AvgIpc) is 3.60. The minimum Gasteiger partial charge on any atom is -0.381 e. The number of nitrogens with zero attached hydrogens (tertiary/aromatic N) is 1. The summed E-state index contributed by atoms with van der Waals surface area (Å²) in [7, 11) is 2.23. The van der Waals surface area contributed by atoms with E-state index in [0.29, 0.717) is 12.1 Å². The van der Waals surface area contributed by atoms with Gasteiger partial charge in [-0.25, -0.2) is 0 Å². The van der Waals surface area contributed by atoms with Crippen LogP contribution >= 0.6 is 0 Å². The maximum Gasteiger partial charge on any atom is 0.0403 e. The van der Waals surface area contributed by atoms with Gasteiger partial charge in [-0.3, -0.25) is 0 Å². The van der Waals surface area contributed by atoms with Gasteiger partial charge in [0.15, 0.2) is 0 Å². The van der Waals surface area contributed by atoms with Crippen molar-refractivity contribution in [1.82, 2.24) is 5.32 Å². The van der Waals surface area contributed by atoms with Gasteiger partial charge in [0.05, 0.1) is 0 Å². The van der Waals surface area contributed by atoms with E-state index in [2.05, 4.69) is 92.0 Å². The summed E-state index contributed by atoms with van der Waals surface area (Å²) >= 11 is 0. The number of nitrogens with one attached hydrogen (secondary N) is 1. The van der Waals surface area contributed by atoms with Gasteiger partial charge in [-0.05, 0) is 67.5 Å². The van der Waals surface area contributed by atoms with E-state index in [4.69, 9.17) is 0 Å². The summed E-state index contributed by atoms with van der Waals surface area (Å²) in [6.07, 6.45) is 9.98. The smallest absolute Gasteiger partial charge is 0.0403 e. The van der Waals surface area contributed by atoms with E-state index in [1.54, 1.807) is 0 Å². The molecule has 1 aliphatic rings. The molecule has 0 unspecified atom stereocenters. The average molecular weight is 413 g/mol. The SMILES string of the molecule is C=C(C)/C(=C\C=C/C)CNC(=C)c1ccc(-c2ccc(N(C)C3(CC)CC3)cc2)cc1. The number of hydrogen-bond donors (Lipinski definition) is 1. The van der Waals surface area contributed by atoms with Crippen molar-refractivity contribution >= 4 is 11.4 Å². The van der Waals surface area contributed by atoms with Crippen LogP contribution < -0.4 is 10.2 Å². The Hall–Kier alpha value is -3.00. The molecule has 31 heavy (non-hydrogen) atoms. The van der Waals surface area contributed by atoms with E-state index >= 15 is 0 Å². The van der Waals surface area contributed by atoms with Crippen LogP contribution in [0.1, 0.15) is 45.6 Å². The van der Waals surface area contributed by atoms with Crippen LogP contribution in [0.4, 0.5) is 5.69 Å². The van der Waals surface area contributed by atoms with Crippen LogP contribution in [-0.4, -0.2) is 19.1 Å². The van der Waals surface area contributed by atoms with E-state index < -0.39 is 0 Å². The summed E-state index contributed by atoms with van der Waals surface area (Å²) in [4.78, 5) is 2.46. The molecule has 162 valence electrons. The van der Waals surface area contributed by atoms with Crippen molar-refractivity contribution in [2.75, 3.05) is 18.5 Å². The molecular formula is C29H36N2. The Morgan fingerprint density at radius 1 is 1.03 bits per heavy atom. The van der Waals surface area contributed by atoms with Gasteiger partial charge in [-0.15, -0.1) is 0 Å². The standard InChI is InChI=1S/C29H36N2/c1-7-9-10-27(22(3)4)21-30-23(5)24-11-13-25(14-12-24)26-15-17-28(18-16-26)31(6)29(8-2)19-20-29/h7,9-18,30H,3,5,8,19-21H2,1-2,4,6H3/b9-7-,27-10-. The number of allylic oxidation sites excluding steroid dienone is 3. The van der Waals surface area contributed by atoms with Crippen molar-refractivity contribution in [3.05, 3.63) is 96.6 Å². The first-order chi connectivity index (χ1) is 14.9. The predicted molar refractivity (Wildman–Crippen MR) is 137 cm³/mol. The lowest BCUT2D eigenvalue weighted by Gasteiger charge is -2.29. The molecule has 0 bridgehead atoms. The zero-order valence-electron chi connectivity index (χ0n) is 19.5. The Morgan fingerprint density at radius 2 is 1.61 bits per heavy atom. The quantitative estimate of drug-likeness (QED) is 0.410. The molecule has 0 amide bonds. The number of benzene rings is 2. The van der Waals surface area contributed by atoms with Gasteiger partial charge < -0.3 is 10.2 Å². The predicted octanol–water partition coefficient (Wildman–Crippen LogP) is 7.37. The van der Waals surface area contributed by atoms with Gasteiger partial charge in [0, 0.05) is 30.5 Å².